The van der Waals surface area contributed by atoms with E-state index in [2.05, 4.69) is 38.5 Å². The first-order valence-electron chi connectivity index (χ1n) is 14.3. The van der Waals surface area contributed by atoms with Crippen molar-refractivity contribution in [2.45, 2.75) is 10.1 Å². The van der Waals surface area contributed by atoms with Crippen LogP contribution in [-0.2, 0) is 9.59 Å². The fourth-order valence-corrected chi connectivity index (χ4v) is 5.78. The molecule has 5 aromatic rings. The molecule has 47 heavy (non-hydrogen) atoms. The first-order valence-corrected chi connectivity index (χ1v) is 16.2. The Kier molecular flexibility index (Phi) is 11.1. The fourth-order valence-electron chi connectivity index (χ4n) is 4.39. The number of nitrogens with one attached hydrogen (secondary N) is 3. The molecule has 0 radical (unpaired) electrons. The summed E-state index contributed by atoms with van der Waals surface area (Å²) in [5, 5.41) is 19.0. The lowest BCUT2D eigenvalue weighted by atomic mass is 10.1. The van der Waals surface area contributed by atoms with Gasteiger partial charge in [-0.3, -0.25) is 24.5 Å². The average molecular weight is 755 g/mol. The van der Waals surface area contributed by atoms with Gasteiger partial charge in [-0.1, -0.05) is 48.5 Å². The number of halogens is 1. The Morgan fingerprint density at radius 3 is 1.91 bits per heavy atom. The fraction of sp³-hybridized carbons (Fsp3) is 0.0278. The largest absolute Gasteiger partial charge is 0.325 e. The van der Waals surface area contributed by atoms with Gasteiger partial charge in [0.25, 0.3) is 17.5 Å². The lowest BCUT2D eigenvalue weighted by Gasteiger charge is -2.17. The van der Waals surface area contributed by atoms with Crippen molar-refractivity contribution in [2.75, 3.05) is 10.6 Å². The zero-order valence-electron chi connectivity index (χ0n) is 24.6. The van der Waals surface area contributed by atoms with Crippen molar-refractivity contribution in [3.63, 3.8) is 0 Å². The Labute approximate surface area is 288 Å². The van der Waals surface area contributed by atoms with E-state index in [0.29, 0.717) is 22.5 Å². The predicted octanol–water partition coefficient (Wildman–Crippen LogP) is 8.08. The van der Waals surface area contributed by atoms with Crippen LogP contribution in [0.2, 0.25) is 0 Å². The standard InChI is InChI=1S/C36H27IN4O5S/c37-27-13-15-28(16-14-27)39-36(44)33(25-7-3-1-4-8-25)47-31-21-17-29(18-22-31)38-35(43)32(40-34(42)26-9-5-2-6-10-26)23-24-11-19-30(20-12-24)41(45)46/h1-23,33H,(H,38,43)(H,39,44)(H,40,42)/b32-23-. The maximum atomic E-state index is 13.4. The number of hydrogen-bond acceptors (Lipinski definition) is 6. The number of anilines is 2. The first kappa shape index (κ1) is 33.1. The molecular formula is C36H27IN4O5S. The van der Waals surface area contributed by atoms with Gasteiger partial charge >= 0.3 is 0 Å². The predicted molar refractivity (Wildman–Crippen MR) is 193 cm³/mol. The minimum absolute atomic E-state index is 0.0532. The minimum Gasteiger partial charge on any atom is -0.325 e. The maximum absolute atomic E-state index is 13.4. The van der Waals surface area contributed by atoms with Gasteiger partial charge in [-0.25, -0.2) is 0 Å². The molecule has 5 rings (SSSR count). The van der Waals surface area contributed by atoms with Crippen molar-refractivity contribution in [3.05, 3.63) is 170 Å². The number of benzene rings is 5. The van der Waals surface area contributed by atoms with E-state index in [1.165, 1.54) is 42.1 Å². The van der Waals surface area contributed by atoms with Crippen LogP contribution in [0.3, 0.4) is 0 Å². The molecule has 3 amide bonds. The van der Waals surface area contributed by atoms with Crippen LogP contribution in [0.25, 0.3) is 6.08 Å². The summed E-state index contributed by atoms with van der Waals surface area (Å²) < 4.78 is 1.06. The van der Waals surface area contributed by atoms with Gasteiger partial charge in [0.05, 0.1) is 4.92 Å². The van der Waals surface area contributed by atoms with E-state index in [1.54, 1.807) is 54.6 Å². The summed E-state index contributed by atoms with van der Waals surface area (Å²) in [6.07, 6.45) is 1.45. The second-order valence-electron chi connectivity index (χ2n) is 10.1. The highest BCUT2D eigenvalue weighted by Gasteiger charge is 2.22. The molecule has 0 aliphatic rings. The van der Waals surface area contributed by atoms with Crippen LogP contribution in [0.4, 0.5) is 17.1 Å². The van der Waals surface area contributed by atoms with E-state index in [-0.39, 0.29) is 17.3 Å². The summed E-state index contributed by atoms with van der Waals surface area (Å²) in [4.78, 5) is 51.1. The summed E-state index contributed by atoms with van der Waals surface area (Å²) in [6.45, 7) is 0. The van der Waals surface area contributed by atoms with Crippen LogP contribution in [0.15, 0.2) is 144 Å². The molecule has 234 valence electrons. The van der Waals surface area contributed by atoms with Gasteiger partial charge in [0.2, 0.25) is 5.91 Å². The number of nitro groups is 1. The zero-order valence-corrected chi connectivity index (χ0v) is 27.6. The van der Waals surface area contributed by atoms with Crippen molar-refractivity contribution in [1.82, 2.24) is 5.32 Å². The number of thioether (sulfide) groups is 1. The highest BCUT2D eigenvalue weighted by atomic mass is 127. The first-order chi connectivity index (χ1) is 22.7. The number of nitrogens with zero attached hydrogens (tertiary/aromatic N) is 1. The van der Waals surface area contributed by atoms with E-state index in [1.807, 2.05) is 54.6 Å². The zero-order chi connectivity index (χ0) is 33.2. The second kappa shape index (κ2) is 15.8. The average Bonchev–Trinajstić information content (AvgIpc) is 3.09. The van der Waals surface area contributed by atoms with Crippen molar-refractivity contribution in [3.8, 4) is 0 Å². The molecular weight excluding hydrogens is 727 g/mol. The number of amides is 3. The molecule has 1 atom stereocenters. The highest BCUT2D eigenvalue weighted by Crippen LogP contribution is 2.37. The normalized spacial score (nSPS) is 11.6. The van der Waals surface area contributed by atoms with Crippen LogP contribution >= 0.6 is 34.4 Å². The number of carbonyl (C=O) groups is 3. The van der Waals surface area contributed by atoms with Gasteiger partial charge < -0.3 is 16.0 Å². The molecule has 11 heteroatoms. The quantitative estimate of drug-likeness (QED) is 0.0411. The molecule has 1 unspecified atom stereocenters. The van der Waals surface area contributed by atoms with Crippen LogP contribution in [0, 0.1) is 13.7 Å². The van der Waals surface area contributed by atoms with Gasteiger partial charge in [-0.15, -0.1) is 11.8 Å². The van der Waals surface area contributed by atoms with E-state index < -0.39 is 22.0 Å². The van der Waals surface area contributed by atoms with Gasteiger partial charge in [-0.2, -0.15) is 0 Å². The van der Waals surface area contributed by atoms with Crippen molar-refractivity contribution in [2.24, 2.45) is 0 Å². The van der Waals surface area contributed by atoms with Crippen LogP contribution in [0.5, 0.6) is 0 Å². The number of hydrogen-bond donors (Lipinski definition) is 3. The lowest BCUT2D eigenvalue weighted by molar-refractivity contribution is -0.384. The molecule has 0 heterocycles. The van der Waals surface area contributed by atoms with Crippen LogP contribution < -0.4 is 16.0 Å². The highest BCUT2D eigenvalue weighted by molar-refractivity contribution is 14.1. The molecule has 0 bridgehead atoms. The molecule has 5 aromatic carbocycles. The Hall–Kier alpha value is -5.27. The van der Waals surface area contributed by atoms with E-state index in [0.717, 1.165) is 14.0 Å². The maximum Gasteiger partial charge on any atom is 0.272 e. The van der Waals surface area contributed by atoms with Crippen LogP contribution in [0.1, 0.15) is 26.7 Å². The Morgan fingerprint density at radius 2 is 1.30 bits per heavy atom. The molecule has 0 aromatic heterocycles. The number of carbonyl (C=O) groups excluding carboxylic acids is 3. The molecule has 0 saturated carbocycles. The van der Waals surface area contributed by atoms with Crippen molar-refractivity contribution >= 4 is 75.2 Å². The van der Waals surface area contributed by atoms with Gasteiger partial charge in [-0.05, 0) is 113 Å². The Balaban J connectivity index is 1.33. The third-order valence-corrected chi connectivity index (χ3v) is 8.75. The van der Waals surface area contributed by atoms with E-state index in [9.17, 15) is 24.5 Å². The minimum atomic E-state index is -0.591. The third kappa shape index (κ3) is 9.37. The molecule has 0 spiro atoms. The lowest BCUT2D eigenvalue weighted by Crippen LogP contribution is -2.30. The molecule has 0 saturated heterocycles. The molecule has 0 fully saturated rings. The summed E-state index contributed by atoms with van der Waals surface area (Å²) in [5.74, 6) is -1.25. The molecule has 0 aliphatic carbocycles. The summed E-state index contributed by atoms with van der Waals surface area (Å²) in [6, 6.07) is 38.1. The van der Waals surface area contributed by atoms with Gasteiger partial charge in [0, 0.05) is 37.5 Å². The molecule has 9 nitrogen and oxygen atoms in total. The van der Waals surface area contributed by atoms with E-state index >= 15 is 0 Å². The number of non-ortho nitro benzene ring substituents is 1. The third-order valence-electron chi connectivity index (χ3n) is 6.76. The second-order valence-corrected chi connectivity index (χ2v) is 12.5. The Morgan fingerprint density at radius 1 is 0.723 bits per heavy atom. The van der Waals surface area contributed by atoms with E-state index in [4.69, 9.17) is 0 Å². The summed E-state index contributed by atoms with van der Waals surface area (Å²) in [7, 11) is 0. The number of nitro benzene ring substituents is 1. The smallest absolute Gasteiger partial charge is 0.272 e. The Bertz CT molecular complexity index is 1900. The topological polar surface area (TPSA) is 130 Å². The van der Waals surface area contributed by atoms with Gasteiger partial charge in [0.1, 0.15) is 10.9 Å². The monoisotopic (exact) mass is 754 g/mol. The molecule has 3 N–H and O–H groups in total. The molecule has 0 aliphatic heterocycles. The van der Waals surface area contributed by atoms with Crippen molar-refractivity contribution < 1.29 is 19.3 Å². The van der Waals surface area contributed by atoms with Crippen LogP contribution in [-0.4, -0.2) is 22.6 Å². The summed E-state index contributed by atoms with van der Waals surface area (Å²) >= 11 is 3.59. The van der Waals surface area contributed by atoms with Crippen molar-refractivity contribution in [1.29, 1.82) is 0 Å². The van der Waals surface area contributed by atoms with Gasteiger partial charge in [0.15, 0.2) is 0 Å². The number of rotatable bonds is 11. The summed E-state index contributed by atoms with van der Waals surface area (Å²) in [5.41, 5.74) is 2.69. The SMILES string of the molecule is O=C(Nc1ccc(SC(C(=O)Nc2ccc(I)cc2)c2ccccc2)cc1)/C(=C/c1ccc([N+](=O)[O-])cc1)NC(=O)c1ccccc1.